The molecule has 0 fully saturated rings. The molecule has 0 aliphatic rings. The highest BCUT2D eigenvalue weighted by Gasteiger charge is 2.07. The predicted molar refractivity (Wildman–Crippen MR) is 78.7 cm³/mol. The topological polar surface area (TPSA) is 54.9 Å². The minimum absolute atomic E-state index is 0.150. The van der Waals surface area contributed by atoms with Crippen LogP contribution < -0.4 is 5.32 Å². The minimum Gasteiger partial charge on any atom is -0.322 e. The van der Waals surface area contributed by atoms with Gasteiger partial charge in [0, 0.05) is 23.6 Å². The van der Waals surface area contributed by atoms with Crippen LogP contribution in [0.5, 0.6) is 0 Å². The zero-order valence-electron chi connectivity index (χ0n) is 11.0. The molecule has 0 aliphatic heterocycles. The number of rotatable bonds is 2. The summed E-state index contributed by atoms with van der Waals surface area (Å²) in [7, 11) is 0. The average Bonchev–Trinajstić information content (AvgIpc) is 2.47. The number of nitrogens with zero attached hydrogens (tertiary/aromatic N) is 2. The van der Waals surface area contributed by atoms with Gasteiger partial charge < -0.3 is 5.32 Å². The molecule has 4 heteroatoms. The number of benzene rings is 2. The van der Waals surface area contributed by atoms with Gasteiger partial charge in [0.1, 0.15) is 0 Å². The lowest BCUT2D eigenvalue weighted by molar-refractivity contribution is 0.102. The predicted octanol–water partition coefficient (Wildman–Crippen LogP) is 3.19. The third-order valence-corrected chi connectivity index (χ3v) is 3.01. The number of hydrogen-bond donors (Lipinski definition) is 1. The van der Waals surface area contributed by atoms with Crippen LogP contribution in [0, 0.1) is 6.92 Å². The lowest BCUT2D eigenvalue weighted by Crippen LogP contribution is -2.11. The van der Waals surface area contributed by atoms with Crippen molar-refractivity contribution in [2.45, 2.75) is 6.92 Å². The monoisotopic (exact) mass is 263 g/mol. The Morgan fingerprint density at radius 1 is 1.00 bits per heavy atom. The maximum Gasteiger partial charge on any atom is 0.255 e. The number of aromatic nitrogens is 2. The number of hydrogen-bond acceptors (Lipinski definition) is 3. The maximum atomic E-state index is 12.2. The Kier molecular flexibility index (Phi) is 3.13. The van der Waals surface area contributed by atoms with Crippen molar-refractivity contribution in [3.8, 4) is 0 Å². The molecule has 1 N–H and O–H groups in total. The van der Waals surface area contributed by atoms with Crippen LogP contribution in [0.4, 0.5) is 5.69 Å². The van der Waals surface area contributed by atoms with Gasteiger partial charge in [-0.15, -0.1) is 0 Å². The first-order valence-corrected chi connectivity index (χ1v) is 6.31. The van der Waals surface area contributed by atoms with Gasteiger partial charge in [0.2, 0.25) is 0 Å². The highest BCUT2D eigenvalue weighted by Crippen LogP contribution is 2.14. The molecule has 0 unspecified atom stereocenters. The summed E-state index contributed by atoms with van der Waals surface area (Å²) in [4.78, 5) is 20.6. The number of aryl methyl sites for hydroxylation is 1. The molecule has 3 aromatic rings. The van der Waals surface area contributed by atoms with Gasteiger partial charge in [-0.3, -0.25) is 14.8 Å². The Bertz CT molecular complexity index is 783. The van der Waals surface area contributed by atoms with E-state index >= 15 is 0 Å². The highest BCUT2D eigenvalue weighted by molar-refractivity contribution is 6.05. The highest BCUT2D eigenvalue weighted by atomic mass is 16.1. The molecule has 0 atom stereocenters. The van der Waals surface area contributed by atoms with Crippen molar-refractivity contribution in [2.24, 2.45) is 0 Å². The molecule has 2 aromatic carbocycles. The molecule has 4 nitrogen and oxygen atoms in total. The third-order valence-electron chi connectivity index (χ3n) is 3.01. The molecular weight excluding hydrogens is 250 g/mol. The zero-order valence-corrected chi connectivity index (χ0v) is 11.0. The molecule has 1 heterocycles. The van der Waals surface area contributed by atoms with Crippen LogP contribution in [0.15, 0.2) is 54.9 Å². The molecule has 20 heavy (non-hydrogen) atoms. The van der Waals surface area contributed by atoms with Crippen molar-refractivity contribution in [1.29, 1.82) is 0 Å². The van der Waals surface area contributed by atoms with E-state index in [1.165, 1.54) is 0 Å². The summed E-state index contributed by atoms with van der Waals surface area (Å²) >= 11 is 0. The number of amides is 1. The Balaban J connectivity index is 1.88. The molecule has 3 rings (SSSR count). The molecule has 0 saturated carbocycles. The van der Waals surface area contributed by atoms with Gasteiger partial charge in [0.25, 0.3) is 5.91 Å². The average molecular weight is 263 g/mol. The first kappa shape index (κ1) is 12.3. The van der Waals surface area contributed by atoms with Crippen LogP contribution in [-0.4, -0.2) is 15.9 Å². The smallest absolute Gasteiger partial charge is 0.255 e. The van der Waals surface area contributed by atoms with E-state index in [0.29, 0.717) is 11.1 Å². The molecule has 1 amide bonds. The third kappa shape index (κ3) is 2.49. The van der Waals surface area contributed by atoms with E-state index in [4.69, 9.17) is 0 Å². The lowest BCUT2D eigenvalue weighted by Gasteiger charge is -2.06. The van der Waals surface area contributed by atoms with Crippen LogP contribution >= 0.6 is 0 Å². The van der Waals surface area contributed by atoms with Gasteiger partial charge in [-0.2, -0.15) is 0 Å². The van der Waals surface area contributed by atoms with Gasteiger partial charge in [0.05, 0.1) is 11.0 Å². The van der Waals surface area contributed by atoms with E-state index < -0.39 is 0 Å². The van der Waals surface area contributed by atoms with Gasteiger partial charge in [-0.1, -0.05) is 12.1 Å². The molecule has 0 spiro atoms. The summed E-state index contributed by atoms with van der Waals surface area (Å²) in [6.45, 7) is 1.99. The number of anilines is 1. The first-order valence-electron chi connectivity index (χ1n) is 6.31. The van der Waals surface area contributed by atoms with Crippen molar-refractivity contribution in [3.05, 3.63) is 66.0 Å². The normalized spacial score (nSPS) is 10.4. The molecule has 0 radical (unpaired) electrons. The maximum absolute atomic E-state index is 12.2. The summed E-state index contributed by atoms with van der Waals surface area (Å²) in [5.74, 6) is -0.150. The van der Waals surface area contributed by atoms with E-state index in [2.05, 4.69) is 15.3 Å². The quantitative estimate of drug-likeness (QED) is 0.772. The van der Waals surface area contributed by atoms with E-state index in [-0.39, 0.29) is 5.91 Å². The van der Waals surface area contributed by atoms with Gasteiger partial charge >= 0.3 is 0 Å². The number of fused-ring (bicyclic) bond motifs is 1. The van der Waals surface area contributed by atoms with E-state index in [1.807, 2.05) is 31.2 Å². The van der Waals surface area contributed by atoms with E-state index in [9.17, 15) is 4.79 Å². The molecular formula is C16H13N3O. The van der Waals surface area contributed by atoms with Crippen molar-refractivity contribution >= 4 is 22.6 Å². The van der Waals surface area contributed by atoms with Gasteiger partial charge in [0.15, 0.2) is 0 Å². The molecule has 98 valence electrons. The summed E-state index contributed by atoms with van der Waals surface area (Å²) in [5, 5.41) is 2.88. The lowest BCUT2D eigenvalue weighted by atomic mass is 10.1. The van der Waals surface area contributed by atoms with Crippen molar-refractivity contribution < 1.29 is 4.79 Å². The van der Waals surface area contributed by atoms with E-state index in [0.717, 1.165) is 16.8 Å². The van der Waals surface area contributed by atoms with Crippen LogP contribution in [0.2, 0.25) is 0 Å². The largest absolute Gasteiger partial charge is 0.322 e. The standard InChI is InChI=1S/C16H13N3O/c1-11-3-2-4-13(9-11)19-16(20)12-5-6-14-15(10-12)18-8-7-17-14/h2-10H,1H3,(H,19,20). The van der Waals surface area contributed by atoms with Crippen LogP contribution in [0.25, 0.3) is 11.0 Å². The minimum atomic E-state index is -0.150. The van der Waals surface area contributed by atoms with Crippen LogP contribution in [0.3, 0.4) is 0 Å². The molecule has 0 aliphatic carbocycles. The van der Waals surface area contributed by atoms with Gasteiger partial charge in [-0.05, 0) is 42.8 Å². The number of nitrogens with one attached hydrogen (secondary N) is 1. The van der Waals surface area contributed by atoms with Crippen LogP contribution in [-0.2, 0) is 0 Å². The second kappa shape index (κ2) is 5.09. The van der Waals surface area contributed by atoms with Gasteiger partial charge in [-0.25, -0.2) is 0 Å². The number of carbonyl (C=O) groups excluding carboxylic acids is 1. The van der Waals surface area contributed by atoms with Crippen molar-refractivity contribution in [3.63, 3.8) is 0 Å². The summed E-state index contributed by atoms with van der Waals surface area (Å²) in [6, 6.07) is 13.0. The fourth-order valence-electron chi connectivity index (χ4n) is 2.03. The molecule has 0 saturated heterocycles. The Morgan fingerprint density at radius 2 is 1.80 bits per heavy atom. The van der Waals surface area contributed by atoms with Crippen LogP contribution in [0.1, 0.15) is 15.9 Å². The Morgan fingerprint density at radius 3 is 2.60 bits per heavy atom. The van der Waals surface area contributed by atoms with Crippen molar-refractivity contribution in [2.75, 3.05) is 5.32 Å². The Hall–Kier alpha value is -2.75. The second-order valence-corrected chi connectivity index (χ2v) is 4.58. The molecule has 0 bridgehead atoms. The summed E-state index contributed by atoms with van der Waals surface area (Å²) in [6.07, 6.45) is 3.25. The summed E-state index contributed by atoms with van der Waals surface area (Å²) in [5.41, 5.74) is 3.95. The van der Waals surface area contributed by atoms with E-state index in [1.54, 1.807) is 30.6 Å². The summed E-state index contributed by atoms with van der Waals surface area (Å²) < 4.78 is 0. The fourth-order valence-corrected chi connectivity index (χ4v) is 2.03. The second-order valence-electron chi connectivity index (χ2n) is 4.58. The fraction of sp³-hybridized carbons (Fsp3) is 0.0625. The number of carbonyl (C=O) groups is 1. The first-order chi connectivity index (χ1) is 9.72. The van der Waals surface area contributed by atoms with Crippen molar-refractivity contribution in [1.82, 2.24) is 9.97 Å². The SMILES string of the molecule is Cc1cccc(NC(=O)c2ccc3nccnc3c2)c1. The Labute approximate surface area is 116 Å². The molecule has 1 aromatic heterocycles. The zero-order chi connectivity index (χ0) is 13.9.